The molecule has 0 atom stereocenters. The highest BCUT2D eigenvalue weighted by atomic mass is 79.9. The van der Waals surface area contributed by atoms with Crippen LogP contribution in [0.15, 0.2) is 212 Å². The SMILES string of the molecule is CC1(C)C(=O)N(Cl)C(=O)N1Cl.CC=NC(C)=O.CO.COc1ccc(CN(c2nccs2)S(=O)(=O)c2ccc3c(Cl)nncc3c2)c(C)c1.COc1ccc(CNc2nccs2)c(C)c1.Clc1nncc2cc(Br)ccc12.Clc1nncc2cc(SCc3ccccc3)ccc12.O=S(=O)(Oc1c(F)c(F)c(F)c(F)c1F)c1ccc2c(Cl)nncc2c1. The minimum atomic E-state index is -4.94. The highest BCUT2D eigenvalue weighted by molar-refractivity contribution is 9.10. The smallest absolute Gasteiger partial charge is 0.357 e. The molecule has 7 heterocycles. The number of imide groups is 1. The number of rotatable bonds is 16. The van der Waals surface area contributed by atoms with Gasteiger partial charge in [0.2, 0.25) is 40.7 Å². The average molecular weight is 1950 g/mol. The van der Waals surface area contributed by atoms with Crippen LogP contribution in [-0.4, -0.2) is 132 Å². The molecular formula is C79H67BrCl6F5N15O11S5. The number of anilines is 2. The van der Waals surface area contributed by atoms with Crippen LogP contribution in [0.25, 0.3) is 43.1 Å². The van der Waals surface area contributed by atoms with Gasteiger partial charge in [-0.2, -0.15) is 42.0 Å². The third kappa shape index (κ3) is 25.5. The van der Waals surface area contributed by atoms with Crippen molar-refractivity contribution < 1.29 is 71.9 Å². The van der Waals surface area contributed by atoms with Gasteiger partial charge in [-0.3, -0.25) is 9.59 Å². The van der Waals surface area contributed by atoms with Crippen molar-refractivity contribution in [3.05, 3.63) is 269 Å². The van der Waals surface area contributed by atoms with Crippen molar-refractivity contribution in [2.75, 3.05) is 31.0 Å². The van der Waals surface area contributed by atoms with E-state index in [-0.39, 0.29) is 33.0 Å². The second kappa shape index (κ2) is 45.2. The summed E-state index contributed by atoms with van der Waals surface area (Å²) in [7, 11) is -4.56. The van der Waals surface area contributed by atoms with Gasteiger partial charge in [-0.05, 0) is 147 Å². The molecule has 1 saturated heterocycles. The topological polar surface area (TPSA) is 330 Å². The molecule has 14 aromatic rings. The number of amides is 4. The lowest BCUT2D eigenvalue weighted by Crippen LogP contribution is -2.38. The van der Waals surface area contributed by atoms with Crippen LogP contribution in [-0.2, 0) is 48.6 Å². The number of aliphatic hydroxyl groups excluding tert-OH is 1. The summed E-state index contributed by atoms with van der Waals surface area (Å²) >= 11 is 42.5. The third-order valence-corrected chi connectivity index (χ3v) is 24.7. The lowest BCUT2D eigenvalue weighted by Gasteiger charge is -2.23. The van der Waals surface area contributed by atoms with Crippen molar-refractivity contribution in [2.45, 2.75) is 80.6 Å². The molecular weight excluding hydrogens is 1880 g/mol. The van der Waals surface area contributed by atoms with Gasteiger partial charge in [-0.1, -0.05) is 117 Å². The number of urea groups is 1. The Bertz CT molecular complexity index is 6280. The first kappa shape index (κ1) is 97.2. The number of thiazole rings is 2. The highest BCUT2D eigenvalue weighted by Crippen LogP contribution is 2.37. The molecule has 26 nitrogen and oxygen atoms in total. The Hall–Kier alpha value is -10.3. The Kier molecular flexibility index (Phi) is 36.0. The van der Waals surface area contributed by atoms with E-state index in [4.69, 9.17) is 84.5 Å². The molecule has 0 saturated carbocycles. The van der Waals surface area contributed by atoms with E-state index in [9.17, 15) is 53.2 Å². The van der Waals surface area contributed by atoms with E-state index < -0.39 is 77.3 Å². The molecule has 8 aromatic carbocycles. The molecule has 638 valence electrons. The summed E-state index contributed by atoms with van der Waals surface area (Å²) in [6, 6.07) is 41.2. The molecule has 2 N–H and O–H groups in total. The summed E-state index contributed by atoms with van der Waals surface area (Å²) in [6.07, 6.45) is 10.9. The summed E-state index contributed by atoms with van der Waals surface area (Å²) in [5.41, 5.74) is 4.54. The maximum atomic E-state index is 13.6. The molecule has 1 fully saturated rings. The second-order valence-corrected chi connectivity index (χ2v) is 34.2. The van der Waals surface area contributed by atoms with Crippen LogP contribution in [0, 0.1) is 42.9 Å². The van der Waals surface area contributed by atoms with Crippen molar-refractivity contribution in [3.63, 3.8) is 0 Å². The number of aryl methyl sites for hydroxylation is 2. The van der Waals surface area contributed by atoms with Crippen molar-refractivity contribution in [2.24, 2.45) is 4.99 Å². The number of halogens is 12. The first-order chi connectivity index (χ1) is 58.1. The molecule has 0 bridgehead atoms. The Balaban J connectivity index is 0.000000184. The number of carbonyl (C=O) groups excluding carboxylic acids is 3. The fourth-order valence-electron chi connectivity index (χ4n) is 10.3. The minimum absolute atomic E-state index is 0.0351. The zero-order valence-electron chi connectivity index (χ0n) is 65.0. The number of aliphatic imine (C=N–C) groups is 1. The number of ether oxygens (including phenoxy) is 2. The number of hydrogen-bond donors (Lipinski definition) is 2. The van der Waals surface area contributed by atoms with Gasteiger partial charge in [0.05, 0.1) is 50.4 Å². The fourth-order valence-corrected chi connectivity index (χ4v) is 16.7. The number of methoxy groups -OCH3 is 2. The molecule has 1 aliphatic heterocycles. The van der Waals surface area contributed by atoms with E-state index in [2.05, 4.69) is 131 Å². The number of sulfonamides is 1. The van der Waals surface area contributed by atoms with Gasteiger partial charge in [0.15, 0.2) is 30.9 Å². The van der Waals surface area contributed by atoms with E-state index in [0.29, 0.717) is 41.8 Å². The van der Waals surface area contributed by atoms with Gasteiger partial charge < -0.3 is 24.1 Å². The van der Waals surface area contributed by atoms with Crippen LogP contribution in [0.1, 0.15) is 55.5 Å². The second-order valence-electron chi connectivity index (χ2n) is 24.9. The standard InChI is InChI=1S/C20H17ClN4O3S2.C15H11ClN2S.C14H4ClF5N2O3S.C12H14N2OS.C8H4BrClN2.C5H6Cl2N2O2.C4H7NO.CH4O/c1-13-9-16(28-2)4-3-14(13)12-25(20-22-7-8-29-20)30(26,27)17-5-6-18-15(10-17)11-23-24-19(18)21;16-15-14-7-6-13(8-12(14)9-17-18-15)19-10-11-4-2-1-3-5-11;15-14-7-2-1-6(3-5(7)4-21-22-14)26(23,24)25-13-11(19)9(17)8(16)10(18)12(13)20;1-9-7-11(15-2)4-3-10(9)8-14-12-13-5-6-16-12;9-6-1-2-7-5(3-6)4-11-12-8(7)10;1-5(2)3(10)8(6)4(11)9(5)7;1-3-5-4(2)6;1-2/h3-11H,12H2,1-2H3;1-9H,10H2;1-4H;3-7H,8H2,1-2H3,(H,13,14);1-4H;1-2H3;3H,1-2H3;2H,1H3. The van der Waals surface area contributed by atoms with Crippen LogP contribution in [0.2, 0.25) is 20.6 Å². The maximum Gasteiger partial charge on any atom is 0.357 e. The summed E-state index contributed by atoms with van der Waals surface area (Å²) in [4.78, 5) is 44.3. The largest absolute Gasteiger partial charge is 0.497 e. The van der Waals surface area contributed by atoms with Crippen molar-refractivity contribution in [1.82, 2.24) is 59.6 Å². The van der Waals surface area contributed by atoms with Crippen LogP contribution < -0.4 is 23.3 Å². The molecule has 122 heavy (non-hydrogen) atoms. The number of fused-ring (bicyclic) bond motifs is 4. The average Bonchev–Trinajstić information content (AvgIpc) is 1.42. The monoisotopic (exact) mass is 1950 g/mol. The molecule has 0 radical (unpaired) electrons. The van der Waals surface area contributed by atoms with Gasteiger partial charge in [-0.25, -0.2) is 50.1 Å². The van der Waals surface area contributed by atoms with E-state index in [1.807, 2.05) is 73.0 Å². The number of aliphatic hydroxyl groups is 1. The summed E-state index contributed by atoms with van der Waals surface area (Å²) in [5.74, 6) is -12.0. The Morgan fingerprint density at radius 3 is 1.53 bits per heavy atom. The first-order valence-electron chi connectivity index (χ1n) is 34.8. The lowest BCUT2D eigenvalue weighted by atomic mass is 10.1. The molecule has 43 heteroatoms. The third-order valence-electron chi connectivity index (χ3n) is 16.6. The predicted octanol–water partition coefficient (Wildman–Crippen LogP) is 20.5. The van der Waals surface area contributed by atoms with Crippen molar-refractivity contribution in [1.29, 1.82) is 0 Å². The predicted molar refractivity (Wildman–Crippen MR) is 469 cm³/mol. The van der Waals surface area contributed by atoms with Crippen molar-refractivity contribution >= 4 is 218 Å². The van der Waals surface area contributed by atoms with E-state index in [1.165, 1.54) is 82.5 Å². The minimum Gasteiger partial charge on any atom is -0.497 e. The summed E-state index contributed by atoms with van der Waals surface area (Å²) < 4.78 is 136. The zero-order chi connectivity index (χ0) is 89.3. The highest BCUT2D eigenvalue weighted by Gasteiger charge is 2.51. The zero-order valence-corrected chi connectivity index (χ0v) is 75.2. The van der Waals surface area contributed by atoms with E-state index >= 15 is 0 Å². The Labute approximate surface area is 746 Å². The number of nitrogens with zero attached hydrogens (tertiary/aromatic N) is 14. The molecule has 0 unspecified atom stereocenters. The van der Waals surface area contributed by atoms with Gasteiger partial charge in [0.1, 0.15) is 21.9 Å². The van der Waals surface area contributed by atoms with Gasteiger partial charge in [0, 0.05) is 132 Å². The number of hydrogen-bond acceptors (Lipinski definition) is 25. The molecule has 0 spiro atoms. The molecule has 4 amide bonds. The number of nitrogens with one attached hydrogen (secondary N) is 1. The number of carbonyl (C=O) groups is 3. The molecule has 15 rings (SSSR count). The first-order valence-corrected chi connectivity index (χ1v) is 43.3. The Morgan fingerprint density at radius 2 is 1.09 bits per heavy atom. The lowest BCUT2D eigenvalue weighted by molar-refractivity contribution is -0.128. The van der Waals surface area contributed by atoms with Crippen LogP contribution >= 0.6 is 120 Å². The molecule has 6 aromatic heterocycles. The maximum absolute atomic E-state index is 13.6. The van der Waals surface area contributed by atoms with Gasteiger partial charge in [0.25, 0.3) is 15.9 Å². The molecule has 0 aliphatic carbocycles. The number of aromatic nitrogens is 10. The molecule has 1 aliphatic rings. The Morgan fingerprint density at radius 1 is 0.623 bits per heavy atom. The summed E-state index contributed by atoms with van der Waals surface area (Å²) in [6.45, 7) is 11.1. The van der Waals surface area contributed by atoms with E-state index in [1.54, 1.807) is 86.5 Å². The van der Waals surface area contributed by atoms with Gasteiger partial charge >= 0.3 is 16.1 Å². The normalized spacial score (nSPS) is 12.0. The fraction of sp³-hybridized carbons (Fsp3) is 0.165. The van der Waals surface area contributed by atoms with Crippen molar-refractivity contribution in [3.8, 4) is 17.2 Å². The van der Waals surface area contributed by atoms with Crippen LogP contribution in [0.5, 0.6) is 17.2 Å². The quantitative estimate of drug-likeness (QED) is 0.0133. The number of benzene rings is 8. The number of thioether (sulfide) groups is 1. The van der Waals surface area contributed by atoms with E-state index in [0.717, 1.165) is 90.2 Å². The van der Waals surface area contributed by atoms with Crippen LogP contribution in [0.3, 0.4) is 0 Å². The summed E-state index contributed by atoms with van der Waals surface area (Å²) in [5, 5.41) is 51.9. The van der Waals surface area contributed by atoms with Crippen LogP contribution in [0.4, 0.5) is 37.0 Å². The van der Waals surface area contributed by atoms with Gasteiger partial charge in [-0.15, -0.1) is 54.8 Å².